The summed E-state index contributed by atoms with van der Waals surface area (Å²) in [6.07, 6.45) is 5.17. The minimum absolute atomic E-state index is 0.152. The van der Waals surface area contributed by atoms with Gasteiger partial charge in [0.15, 0.2) is 5.69 Å². The molecule has 6 nitrogen and oxygen atoms in total. The maximum atomic E-state index is 12.7. The smallest absolute Gasteiger partial charge is 0.209 e. The van der Waals surface area contributed by atoms with Gasteiger partial charge in [-0.25, -0.2) is 14.3 Å². The molecule has 0 radical (unpaired) electrons. The van der Waals surface area contributed by atoms with Crippen molar-refractivity contribution in [1.29, 1.82) is 0 Å². The van der Waals surface area contributed by atoms with Crippen LogP contribution in [0.2, 0.25) is 0 Å². The summed E-state index contributed by atoms with van der Waals surface area (Å²) in [5.41, 5.74) is 4.73. The van der Waals surface area contributed by atoms with Crippen molar-refractivity contribution < 1.29 is 0 Å². The molecule has 0 saturated carbocycles. The van der Waals surface area contributed by atoms with E-state index < -0.39 is 0 Å². The van der Waals surface area contributed by atoms with Gasteiger partial charge in [0.2, 0.25) is 5.43 Å². The molecule has 3 heterocycles. The lowest BCUT2D eigenvalue weighted by Gasteiger charge is -2.12. The van der Waals surface area contributed by atoms with Gasteiger partial charge >= 0.3 is 0 Å². The van der Waals surface area contributed by atoms with Gasteiger partial charge in [-0.3, -0.25) is 4.79 Å². The fraction of sp³-hybridized carbons (Fsp3) is 0.0435. The molecular formula is C23H17N5OS. The van der Waals surface area contributed by atoms with Crippen LogP contribution in [0.25, 0.3) is 33.3 Å². The van der Waals surface area contributed by atoms with Gasteiger partial charge < -0.3 is 0 Å². The van der Waals surface area contributed by atoms with Crippen LogP contribution in [-0.4, -0.2) is 24.5 Å². The van der Waals surface area contributed by atoms with E-state index >= 15 is 0 Å². The molecule has 3 aromatic heterocycles. The molecule has 0 aliphatic heterocycles. The lowest BCUT2D eigenvalue weighted by Crippen LogP contribution is -2.15. The van der Waals surface area contributed by atoms with E-state index in [1.165, 1.54) is 0 Å². The van der Waals surface area contributed by atoms with Crippen LogP contribution in [0, 0.1) is 6.92 Å². The lowest BCUT2D eigenvalue weighted by atomic mass is 10.1. The topological polar surface area (TPSA) is 65.6 Å². The van der Waals surface area contributed by atoms with E-state index in [9.17, 15) is 4.79 Å². The van der Waals surface area contributed by atoms with Crippen molar-refractivity contribution in [2.45, 2.75) is 6.92 Å². The monoisotopic (exact) mass is 411 g/mol. The maximum Gasteiger partial charge on any atom is 0.209 e. The Kier molecular flexibility index (Phi) is 4.57. The minimum atomic E-state index is -0.152. The number of rotatable bonds is 4. The zero-order valence-electron chi connectivity index (χ0n) is 16.1. The molecule has 0 spiro atoms. The summed E-state index contributed by atoms with van der Waals surface area (Å²) in [5.74, 6) is 0. The van der Waals surface area contributed by atoms with Gasteiger partial charge in [-0.2, -0.15) is 10.2 Å². The zero-order chi connectivity index (χ0) is 20.5. The molecule has 0 unspecified atom stereocenters. The number of hydrogen-bond acceptors (Lipinski definition) is 5. The summed E-state index contributed by atoms with van der Waals surface area (Å²) in [6, 6.07) is 19.2. The van der Waals surface area contributed by atoms with Crippen molar-refractivity contribution in [2.24, 2.45) is 0 Å². The van der Waals surface area contributed by atoms with Crippen molar-refractivity contribution >= 4 is 11.3 Å². The molecule has 2 aromatic carbocycles. The molecule has 0 fully saturated rings. The van der Waals surface area contributed by atoms with Crippen LogP contribution >= 0.6 is 11.3 Å². The van der Waals surface area contributed by atoms with Crippen LogP contribution in [0.5, 0.6) is 0 Å². The highest BCUT2D eigenvalue weighted by molar-refractivity contribution is 7.13. The second kappa shape index (κ2) is 7.53. The lowest BCUT2D eigenvalue weighted by molar-refractivity contribution is 0.818. The summed E-state index contributed by atoms with van der Waals surface area (Å²) in [5, 5.41) is 12.0. The second-order valence-electron chi connectivity index (χ2n) is 6.78. The Bertz CT molecular complexity index is 1370. The first-order chi connectivity index (χ1) is 14.7. The Labute approximate surface area is 176 Å². The summed E-state index contributed by atoms with van der Waals surface area (Å²) in [4.78, 5) is 17.0. The Morgan fingerprint density at radius 1 is 0.967 bits per heavy atom. The summed E-state index contributed by atoms with van der Waals surface area (Å²) in [7, 11) is 0. The maximum absolute atomic E-state index is 12.7. The van der Waals surface area contributed by atoms with E-state index in [0.29, 0.717) is 11.4 Å². The average molecular weight is 411 g/mol. The molecule has 0 aliphatic rings. The van der Waals surface area contributed by atoms with Crippen LogP contribution in [0.15, 0.2) is 89.4 Å². The van der Waals surface area contributed by atoms with Crippen LogP contribution in [0.1, 0.15) is 5.56 Å². The van der Waals surface area contributed by atoms with Gasteiger partial charge in [0.1, 0.15) is 5.01 Å². The SMILES string of the molecule is Cc1cc(-c2nccs2)ccc1-n1ccc(=O)c(-c2ccnn2-c2ccccc2)n1. The number of para-hydroxylation sites is 1. The van der Waals surface area contributed by atoms with Gasteiger partial charge in [0.05, 0.1) is 23.3 Å². The first-order valence-electron chi connectivity index (χ1n) is 9.41. The third kappa shape index (κ3) is 3.25. The Balaban J connectivity index is 1.59. The van der Waals surface area contributed by atoms with Crippen molar-refractivity contribution in [3.8, 4) is 33.3 Å². The van der Waals surface area contributed by atoms with E-state index in [0.717, 1.165) is 27.5 Å². The third-order valence-corrected chi connectivity index (χ3v) is 5.64. The minimum Gasteiger partial charge on any atom is -0.287 e. The molecule has 0 saturated heterocycles. The number of hydrogen-bond donors (Lipinski definition) is 0. The molecule has 7 heteroatoms. The van der Waals surface area contributed by atoms with Gasteiger partial charge in [-0.15, -0.1) is 11.3 Å². The van der Waals surface area contributed by atoms with Crippen molar-refractivity contribution in [2.75, 3.05) is 0 Å². The molecule has 5 aromatic rings. The second-order valence-corrected chi connectivity index (χ2v) is 7.67. The summed E-state index contributed by atoms with van der Waals surface area (Å²) >= 11 is 1.60. The van der Waals surface area contributed by atoms with Crippen LogP contribution in [0.4, 0.5) is 0 Å². The fourth-order valence-electron chi connectivity index (χ4n) is 3.39. The third-order valence-electron chi connectivity index (χ3n) is 4.82. The molecule has 0 atom stereocenters. The van der Waals surface area contributed by atoms with E-state index in [-0.39, 0.29) is 5.43 Å². The Morgan fingerprint density at radius 2 is 1.83 bits per heavy atom. The Morgan fingerprint density at radius 3 is 2.60 bits per heavy atom. The molecule has 0 bridgehead atoms. The van der Waals surface area contributed by atoms with Crippen molar-refractivity contribution in [3.63, 3.8) is 0 Å². The van der Waals surface area contributed by atoms with E-state index in [1.807, 2.05) is 54.8 Å². The first kappa shape index (κ1) is 18.2. The van der Waals surface area contributed by atoms with Gasteiger partial charge in [-0.05, 0) is 48.9 Å². The summed E-state index contributed by atoms with van der Waals surface area (Å²) in [6.45, 7) is 2.03. The van der Waals surface area contributed by atoms with Crippen molar-refractivity contribution in [1.82, 2.24) is 24.5 Å². The van der Waals surface area contributed by atoms with Crippen molar-refractivity contribution in [3.05, 3.63) is 100 Å². The molecule has 146 valence electrons. The average Bonchev–Trinajstić information content (AvgIpc) is 3.47. The normalized spacial score (nSPS) is 11.0. The van der Waals surface area contributed by atoms with Gasteiger partial charge in [-0.1, -0.05) is 18.2 Å². The molecule has 0 aliphatic carbocycles. The number of aromatic nitrogens is 5. The van der Waals surface area contributed by atoms with Crippen LogP contribution in [0.3, 0.4) is 0 Å². The predicted octanol–water partition coefficient (Wildman–Crippen LogP) is 4.52. The fourth-order valence-corrected chi connectivity index (χ4v) is 4.02. The van der Waals surface area contributed by atoms with E-state index in [4.69, 9.17) is 0 Å². The largest absolute Gasteiger partial charge is 0.287 e. The first-order valence-corrected chi connectivity index (χ1v) is 10.3. The molecule has 0 N–H and O–H groups in total. The molecule has 30 heavy (non-hydrogen) atoms. The van der Waals surface area contributed by atoms with E-state index in [1.54, 1.807) is 51.4 Å². The van der Waals surface area contributed by atoms with Crippen LogP contribution in [-0.2, 0) is 0 Å². The quantitative estimate of drug-likeness (QED) is 0.436. The van der Waals surface area contributed by atoms with Gasteiger partial charge in [0.25, 0.3) is 0 Å². The van der Waals surface area contributed by atoms with E-state index in [2.05, 4.69) is 21.2 Å². The molecule has 0 amide bonds. The van der Waals surface area contributed by atoms with Gasteiger partial charge in [0, 0.05) is 29.4 Å². The number of benzene rings is 2. The number of thiazole rings is 1. The highest BCUT2D eigenvalue weighted by atomic mass is 32.1. The standard InChI is InChI=1S/C23H17N5OS/c1-16-15-17(23-24-12-14-30-23)7-8-19(16)27-13-10-21(29)22(26-27)20-9-11-25-28(20)18-5-3-2-4-6-18/h2-15H,1H3. The molecule has 5 rings (SSSR count). The van der Waals surface area contributed by atoms with Crippen LogP contribution < -0.4 is 5.43 Å². The molecular weight excluding hydrogens is 394 g/mol. The zero-order valence-corrected chi connectivity index (χ0v) is 17.0. The number of aryl methyl sites for hydroxylation is 1. The highest BCUT2D eigenvalue weighted by Crippen LogP contribution is 2.26. The number of nitrogens with zero attached hydrogens (tertiary/aromatic N) is 5. The Hall–Kier alpha value is -3.84. The predicted molar refractivity (Wildman–Crippen MR) is 118 cm³/mol. The highest BCUT2D eigenvalue weighted by Gasteiger charge is 2.14. The summed E-state index contributed by atoms with van der Waals surface area (Å²) < 4.78 is 3.46.